The Balaban J connectivity index is 2.39. The number of aliphatic hydroxyl groups is 1. The summed E-state index contributed by atoms with van der Waals surface area (Å²) in [6.45, 7) is 9.99. The number of aliphatic hydroxyl groups excluding tert-OH is 1. The first-order valence-corrected chi connectivity index (χ1v) is 12.3. The zero-order valence-electron chi connectivity index (χ0n) is 19.8. The monoisotopic (exact) mass is 466 g/mol. The van der Waals surface area contributed by atoms with Gasteiger partial charge in [-0.05, 0) is 36.3 Å². The molecular weight excluding hydrogens is 432 g/mol. The maximum atomic E-state index is 11.8. The highest BCUT2D eigenvalue weighted by Crippen LogP contribution is 2.29. The molecule has 3 N–H and O–H groups in total. The van der Waals surface area contributed by atoms with Crippen molar-refractivity contribution < 1.29 is 18.3 Å². The SMILES string of the molecule is COc1ncc(C(C)(C)Cc2nc(N[C@@H](CO)CC(C)C)nc(NS(C)(=O)=O)n2)cc1C. The van der Waals surface area contributed by atoms with Crippen LogP contribution in [0, 0.1) is 12.8 Å². The maximum absolute atomic E-state index is 11.8. The van der Waals surface area contributed by atoms with Crippen LogP contribution in [0.15, 0.2) is 12.3 Å². The van der Waals surface area contributed by atoms with E-state index in [2.05, 4.69) is 30.0 Å². The highest BCUT2D eigenvalue weighted by atomic mass is 32.2. The second-order valence-electron chi connectivity index (χ2n) is 9.04. The molecule has 0 amide bonds. The number of methoxy groups -OCH3 is 1. The summed E-state index contributed by atoms with van der Waals surface area (Å²) in [4.78, 5) is 17.4. The molecule has 2 aromatic rings. The molecule has 0 bridgehead atoms. The molecule has 0 radical (unpaired) electrons. The number of nitrogens with one attached hydrogen (secondary N) is 2. The molecule has 0 aliphatic rings. The Morgan fingerprint density at radius 2 is 1.84 bits per heavy atom. The summed E-state index contributed by atoms with van der Waals surface area (Å²) in [6.07, 6.45) is 3.90. The molecule has 178 valence electrons. The number of pyridine rings is 1. The first-order valence-electron chi connectivity index (χ1n) is 10.4. The fourth-order valence-electron chi connectivity index (χ4n) is 3.35. The van der Waals surface area contributed by atoms with Gasteiger partial charge in [0.15, 0.2) is 0 Å². The van der Waals surface area contributed by atoms with Crippen molar-refractivity contribution in [1.29, 1.82) is 0 Å². The number of sulfonamides is 1. The van der Waals surface area contributed by atoms with Gasteiger partial charge in [-0.1, -0.05) is 27.7 Å². The normalized spacial score (nSPS) is 13.2. The first-order chi connectivity index (χ1) is 14.8. The molecule has 2 rings (SSSR count). The summed E-state index contributed by atoms with van der Waals surface area (Å²) in [7, 11) is -2.00. The van der Waals surface area contributed by atoms with Gasteiger partial charge >= 0.3 is 0 Å². The van der Waals surface area contributed by atoms with Gasteiger partial charge in [-0.3, -0.25) is 4.72 Å². The van der Waals surface area contributed by atoms with E-state index in [1.807, 2.05) is 40.7 Å². The number of hydrogen-bond acceptors (Lipinski definition) is 9. The minimum Gasteiger partial charge on any atom is -0.481 e. The van der Waals surface area contributed by atoms with Crippen molar-refractivity contribution in [2.24, 2.45) is 5.92 Å². The standard InChI is InChI=1S/C21H34N6O4S/c1-13(2)8-16(12-28)23-19-24-17(25-20(26-19)27-32(7,29)30)10-21(4,5)15-9-14(3)18(31-6)22-11-15/h9,11,13,16,28H,8,10,12H2,1-7H3,(H2,23,24,25,26,27)/t16-/m1/s1. The quantitative estimate of drug-likeness (QED) is 0.455. The van der Waals surface area contributed by atoms with Gasteiger partial charge in [0.25, 0.3) is 0 Å². The van der Waals surface area contributed by atoms with Crippen LogP contribution in [0.1, 0.15) is 51.1 Å². The van der Waals surface area contributed by atoms with E-state index in [0.717, 1.165) is 17.4 Å². The van der Waals surface area contributed by atoms with Crippen LogP contribution in [0.25, 0.3) is 0 Å². The Morgan fingerprint density at radius 1 is 1.19 bits per heavy atom. The Hall–Kier alpha value is -2.53. The van der Waals surface area contributed by atoms with E-state index in [9.17, 15) is 13.5 Å². The summed E-state index contributed by atoms with van der Waals surface area (Å²) in [5.74, 6) is 1.46. The molecule has 0 aliphatic carbocycles. The summed E-state index contributed by atoms with van der Waals surface area (Å²) < 4.78 is 31.1. The molecule has 32 heavy (non-hydrogen) atoms. The topological polar surface area (TPSA) is 139 Å². The average molecular weight is 467 g/mol. The molecule has 0 saturated heterocycles. The third kappa shape index (κ3) is 7.56. The molecule has 0 aromatic carbocycles. The zero-order valence-corrected chi connectivity index (χ0v) is 20.6. The molecule has 10 nitrogen and oxygen atoms in total. The van der Waals surface area contributed by atoms with Crippen molar-refractivity contribution in [2.45, 2.75) is 58.9 Å². The summed E-state index contributed by atoms with van der Waals surface area (Å²) in [5.41, 5.74) is 1.48. The molecule has 0 saturated carbocycles. The third-order valence-electron chi connectivity index (χ3n) is 4.87. The van der Waals surface area contributed by atoms with Gasteiger partial charge in [0.05, 0.1) is 26.0 Å². The lowest BCUT2D eigenvalue weighted by Crippen LogP contribution is -2.28. The number of anilines is 2. The lowest BCUT2D eigenvalue weighted by Gasteiger charge is -2.25. The minimum atomic E-state index is -3.58. The van der Waals surface area contributed by atoms with Crippen molar-refractivity contribution >= 4 is 21.9 Å². The van der Waals surface area contributed by atoms with E-state index in [1.54, 1.807) is 13.3 Å². The van der Waals surface area contributed by atoms with E-state index < -0.39 is 15.4 Å². The number of aryl methyl sites for hydroxylation is 1. The van der Waals surface area contributed by atoms with Crippen molar-refractivity contribution in [3.8, 4) is 5.88 Å². The van der Waals surface area contributed by atoms with Gasteiger partial charge in [-0.25, -0.2) is 13.4 Å². The maximum Gasteiger partial charge on any atom is 0.241 e. The van der Waals surface area contributed by atoms with E-state index >= 15 is 0 Å². The second kappa shape index (κ2) is 10.4. The molecule has 2 aromatic heterocycles. The fourth-order valence-corrected chi connectivity index (χ4v) is 3.77. The Bertz CT molecular complexity index is 1030. The number of aromatic nitrogens is 4. The van der Waals surface area contributed by atoms with Gasteiger partial charge in [0, 0.05) is 18.2 Å². The molecule has 1 atom stereocenters. The van der Waals surface area contributed by atoms with E-state index in [1.165, 1.54) is 0 Å². The van der Waals surface area contributed by atoms with Crippen LogP contribution in [0.5, 0.6) is 5.88 Å². The molecule has 11 heteroatoms. The molecular formula is C21H34N6O4S. The van der Waals surface area contributed by atoms with Gasteiger partial charge < -0.3 is 15.2 Å². The molecule has 0 unspecified atom stereocenters. The zero-order chi connectivity index (χ0) is 24.1. The van der Waals surface area contributed by atoms with Gasteiger partial charge in [-0.2, -0.15) is 15.0 Å². The van der Waals surface area contributed by atoms with Crippen LogP contribution in [0.4, 0.5) is 11.9 Å². The molecule has 0 spiro atoms. The highest BCUT2D eigenvalue weighted by molar-refractivity contribution is 7.91. The number of hydrogen-bond donors (Lipinski definition) is 3. The predicted molar refractivity (Wildman–Crippen MR) is 125 cm³/mol. The van der Waals surface area contributed by atoms with Gasteiger partial charge in [-0.15, -0.1) is 0 Å². The number of rotatable bonds is 11. The smallest absolute Gasteiger partial charge is 0.241 e. The van der Waals surface area contributed by atoms with Crippen LogP contribution < -0.4 is 14.8 Å². The van der Waals surface area contributed by atoms with E-state index in [0.29, 0.717) is 30.5 Å². The van der Waals surface area contributed by atoms with Crippen molar-refractivity contribution in [1.82, 2.24) is 19.9 Å². The van der Waals surface area contributed by atoms with Crippen molar-refractivity contribution in [3.05, 3.63) is 29.2 Å². The molecule has 0 fully saturated rings. The van der Waals surface area contributed by atoms with Crippen LogP contribution in [-0.4, -0.2) is 59.5 Å². The average Bonchev–Trinajstić information content (AvgIpc) is 2.65. The first kappa shape index (κ1) is 25.7. The third-order valence-corrected chi connectivity index (χ3v) is 5.43. The minimum absolute atomic E-state index is 0.0685. The lowest BCUT2D eigenvalue weighted by atomic mass is 9.81. The predicted octanol–water partition coefficient (Wildman–Crippen LogP) is 2.29. The summed E-state index contributed by atoms with van der Waals surface area (Å²) >= 11 is 0. The van der Waals surface area contributed by atoms with Crippen molar-refractivity contribution in [2.75, 3.05) is 30.0 Å². The van der Waals surface area contributed by atoms with Gasteiger partial charge in [0.1, 0.15) is 5.82 Å². The van der Waals surface area contributed by atoms with Crippen LogP contribution in [0.3, 0.4) is 0 Å². The fraction of sp³-hybridized carbons (Fsp3) is 0.619. The van der Waals surface area contributed by atoms with E-state index in [-0.39, 0.29) is 24.5 Å². The lowest BCUT2D eigenvalue weighted by molar-refractivity contribution is 0.259. The molecule has 2 heterocycles. The van der Waals surface area contributed by atoms with Gasteiger partial charge in [0.2, 0.25) is 27.8 Å². The molecule has 0 aliphatic heterocycles. The largest absolute Gasteiger partial charge is 0.481 e. The highest BCUT2D eigenvalue weighted by Gasteiger charge is 2.25. The number of ether oxygens (including phenoxy) is 1. The van der Waals surface area contributed by atoms with Crippen molar-refractivity contribution in [3.63, 3.8) is 0 Å². The van der Waals surface area contributed by atoms with Crippen LogP contribution in [0.2, 0.25) is 0 Å². The Morgan fingerprint density at radius 3 is 2.38 bits per heavy atom. The Kier molecular flexibility index (Phi) is 8.35. The second-order valence-corrected chi connectivity index (χ2v) is 10.8. The van der Waals surface area contributed by atoms with Crippen LogP contribution in [-0.2, 0) is 21.9 Å². The summed E-state index contributed by atoms with van der Waals surface area (Å²) in [6, 6.07) is 1.74. The summed E-state index contributed by atoms with van der Waals surface area (Å²) in [5, 5.41) is 12.8. The van der Waals surface area contributed by atoms with E-state index in [4.69, 9.17) is 4.74 Å². The Labute approximate surface area is 190 Å². The number of nitrogens with zero attached hydrogens (tertiary/aromatic N) is 4. The van der Waals surface area contributed by atoms with Crippen LogP contribution >= 0.6 is 0 Å².